The first-order valence-electron chi connectivity index (χ1n) is 4.19. The van der Waals surface area contributed by atoms with Crippen LogP contribution in [0.25, 0.3) is 0 Å². The van der Waals surface area contributed by atoms with Gasteiger partial charge in [0.15, 0.2) is 5.69 Å². The number of aromatic nitrogens is 1. The molecule has 5 nitrogen and oxygen atoms in total. The fourth-order valence-corrected chi connectivity index (χ4v) is 1.33. The minimum Gasteiger partial charge on any atom is -0.331 e. The molecule has 2 amide bonds. The van der Waals surface area contributed by atoms with Crippen LogP contribution in [-0.4, -0.2) is 35.3 Å². The van der Waals surface area contributed by atoms with Gasteiger partial charge in [-0.2, -0.15) is 0 Å². The van der Waals surface area contributed by atoms with Crippen LogP contribution in [0.15, 0.2) is 18.3 Å². The highest BCUT2D eigenvalue weighted by Crippen LogP contribution is 2.16. The number of likely N-dealkylation sites (N-methyl/N-ethyl adjacent to an activating group) is 1. The van der Waals surface area contributed by atoms with Crippen LogP contribution in [0.4, 0.5) is 5.69 Å². The van der Waals surface area contributed by atoms with E-state index >= 15 is 0 Å². The lowest BCUT2D eigenvalue weighted by Gasteiger charge is -2.10. The van der Waals surface area contributed by atoms with Gasteiger partial charge in [-0.25, -0.2) is 4.98 Å². The van der Waals surface area contributed by atoms with Crippen LogP contribution in [0.2, 0.25) is 0 Å². The van der Waals surface area contributed by atoms with Crippen LogP contribution in [-0.2, 0) is 4.79 Å². The standard InChI is InChI=1S/C9H9N3O2/c1-12-5-7(13)11-6-3-2-4-10-8(6)9(12)14/h2-4H,5H2,1H3,(H,11,13). The number of amides is 2. The maximum Gasteiger partial charge on any atom is 0.274 e. The third-order valence-corrected chi connectivity index (χ3v) is 2.01. The van der Waals surface area contributed by atoms with Crippen molar-refractivity contribution in [1.29, 1.82) is 0 Å². The van der Waals surface area contributed by atoms with Gasteiger partial charge in [0, 0.05) is 13.2 Å². The summed E-state index contributed by atoms with van der Waals surface area (Å²) in [6, 6.07) is 3.34. The Bertz CT molecular complexity index is 403. The average molecular weight is 191 g/mol. The fourth-order valence-electron chi connectivity index (χ4n) is 1.33. The molecule has 2 heterocycles. The third-order valence-electron chi connectivity index (χ3n) is 2.01. The molecular weight excluding hydrogens is 182 g/mol. The molecular formula is C9H9N3O2. The van der Waals surface area contributed by atoms with Crippen molar-refractivity contribution in [2.45, 2.75) is 0 Å². The van der Waals surface area contributed by atoms with Crippen molar-refractivity contribution in [1.82, 2.24) is 9.88 Å². The number of hydrogen-bond donors (Lipinski definition) is 1. The summed E-state index contributed by atoms with van der Waals surface area (Å²) in [6.07, 6.45) is 1.53. The summed E-state index contributed by atoms with van der Waals surface area (Å²) in [5.74, 6) is -0.438. The van der Waals surface area contributed by atoms with E-state index in [1.54, 1.807) is 19.2 Å². The zero-order valence-corrected chi connectivity index (χ0v) is 7.65. The van der Waals surface area contributed by atoms with Gasteiger partial charge in [-0.05, 0) is 12.1 Å². The molecule has 72 valence electrons. The molecule has 0 saturated heterocycles. The molecule has 2 rings (SSSR count). The topological polar surface area (TPSA) is 62.3 Å². The molecule has 1 aliphatic heterocycles. The molecule has 0 fully saturated rings. The number of pyridine rings is 1. The van der Waals surface area contributed by atoms with E-state index in [2.05, 4.69) is 10.3 Å². The predicted octanol–water partition coefficient (Wildman–Crippen LogP) is 0.106. The average Bonchev–Trinajstić information content (AvgIpc) is 2.26. The van der Waals surface area contributed by atoms with Crippen molar-refractivity contribution < 1.29 is 9.59 Å². The van der Waals surface area contributed by atoms with Gasteiger partial charge in [-0.1, -0.05) is 0 Å². The highest BCUT2D eigenvalue weighted by atomic mass is 16.2. The van der Waals surface area contributed by atoms with Crippen LogP contribution in [0.3, 0.4) is 0 Å². The van der Waals surface area contributed by atoms with Gasteiger partial charge in [-0.3, -0.25) is 9.59 Å². The Morgan fingerprint density at radius 2 is 2.29 bits per heavy atom. The van der Waals surface area contributed by atoms with Gasteiger partial charge < -0.3 is 10.2 Å². The van der Waals surface area contributed by atoms with Crippen LogP contribution in [0.5, 0.6) is 0 Å². The fraction of sp³-hybridized carbons (Fsp3) is 0.222. The molecule has 0 aromatic carbocycles. The number of nitrogens with zero attached hydrogens (tertiary/aromatic N) is 2. The maximum absolute atomic E-state index is 11.7. The molecule has 0 unspecified atom stereocenters. The second kappa shape index (κ2) is 3.10. The molecule has 1 aromatic rings. The van der Waals surface area contributed by atoms with Gasteiger partial charge >= 0.3 is 0 Å². The largest absolute Gasteiger partial charge is 0.331 e. The lowest BCUT2D eigenvalue weighted by molar-refractivity contribution is -0.116. The summed E-state index contributed by atoms with van der Waals surface area (Å²) in [5.41, 5.74) is 0.771. The molecule has 5 heteroatoms. The van der Waals surface area contributed by atoms with Gasteiger partial charge in [-0.15, -0.1) is 0 Å². The Kier molecular flexibility index (Phi) is 1.92. The normalized spacial score (nSPS) is 15.9. The van der Waals surface area contributed by atoms with Crippen molar-refractivity contribution >= 4 is 17.5 Å². The molecule has 0 spiro atoms. The van der Waals surface area contributed by atoms with E-state index in [0.29, 0.717) is 11.4 Å². The van der Waals surface area contributed by atoms with Crippen molar-refractivity contribution in [2.24, 2.45) is 0 Å². The Morgan fingerprint density at radius 3 is 3.07 bits per heavy atom. The lowest BCUT2D eigenvalue weighted by Crippen LogP contribution is -2.31. The summed E-state index contributed by atoms with van der Waals surface area (Å²) in [5, 5.41) is 2.62. The zero-order valence-electron chi connectivity index (χ0n) is 7.65. The van der Waals surface area contributed by atoms with Crippen molar-refractivity contribution in [3.63, 3.8) is 0 Å². The van der Waals surface area contributed by atoms with E-state index in [1.807, 2.05) is 0 Å². The monoisotopic (exact) mass is 191 g/mol. The zero-order chi connectivity index (χ0) is 10.1. The van der Waals surface area contributed by atoms with E-state index in [-0.39, 0.29) is 18.4 Å². The maximum atomic E-state index is 11.7. The van der Waals surface area contributed by atoms with Crippen LogP contribution < -0.4 is 5.32 Å². The SMILES string of the molecule is CN1CC(=O)Nc2cccnc2C1=O. The first-order chi connectivity index (χ1) is 6.68. The van der Waals surface area contributed by atoms with E-state index in [4.69, 9.17) is 0 Å². The van der Waals surface area contributed by atoms with E-state index in [1.165, 1.54) is 11.1 Å². The first kappa shape index (κ1) is 8.68. The van der Waals surface area contributed by atoms with Crippen molar-refractivity contribution in [3.8, 4) is 0 Å². The Morgan fingerprint density at radius 1 is 1.50 bits per heavy atom. The van der Waals surface area contributed by atoms with Crippen molar-refractivity contribution in [3.05, 3.63) is 24.0 Å². The number of hydrogen-bond acceptors (Lipinski definition) is 3. The number of carbonyl (C=O) groups excluding carboxylic acids is 2. The summed E-state index contributed by atoms with van der Waals surface area (Å²) in [6.45, 7) is 0.0647. The minimum atomic E-state index is -0.237. The quantitative estimate of drug-likeness (QED) is 0.632. The van der Waals surface area contributed by atoms with E-state index in [0.717, 1.165) is 0 Å². The van der Waals surface area contributed by atoms with Gasteiger partial charge in [0.05, 0.1) is 12.2 Å². The highest BCUT2D eigenvalue weighted by Gasteiger charge is 2.23. The van der Waals surface area contributed by atoms with E-state index in [9.17, 15) is 9.59 Å². The number of rotatable bonds is 0. The van der Waals surface area contributed by atoms with Crippen LogP contribution >= 0.6 is 0 Å². The smallest absolute Gasteiger partial charge is 0.274 e. The van der Waals surface area contributed by atoms with E-state index < -0.39 is 0 Å². The van der Waals surface area contributed by atoms with Gasteiger partial charge in [0.25, 0.3) is 5.91 Å². The van der Waals surface area contributed by atoms with Gasteiger partial charge in [0.2, 0.25) is 5.91 Å². The van der Waals surface area contributed by atoms with Crippen molar-refractivity contribution in [2.75, 3.05) is 18.9 Å². The summed E-state index contributed by atoms with van der Waals surface area (Å²) < 4.78 is 0. The van der Waals surface area contributed by atoms with Crippen LogP contribution in [0.1, 0.15) is 10.5 Å². The molecule has 1 aromatic heterocycles. The first-order valence-corrected chi connectivity index (χ1v) is 4.19. The summed E-state index contributed by atoms with van der Waals surface area (Å²) in [7, 11) is 1.58. The summed E-state index contributed by atoms with van der Waals surface area (Å²) >= 11 is 0. The second-order valence-electron chi connectivity index (χ2n) is 3.11. The number of anilines is 1. The molecule has 0 aliphatic carbocycles. The molecule has 14 heavy (non-hydrogen) atoms. The van der Waals surface area contributed by atoms with Crippen LogP contribution in [0, 0.1) is 0 Å². The third kappa shape index (κ3) is 1.32. The Labute approximate surface area is 80.7 Å². The number of nitrogens with one attached hydrogen (secondary N) is 1. The lowest BCUT2D eigenvalue weighted by atomic mass is 10.3. The predicted molar refractivity (Wildman–Crippen MR) is 49.8 cm³/mol. The Balaban J connectivity index is 2.52. The molecule has 0 radical (unpaired) electrons. The number of fused-ring (bicyclic) bond motifs is 1. The molecule has 1 aliphatic rings. The minimum absolute atomic E-state index is 0.0647. The molecule has 0 saturated carbocycles. The molecule has 0 atom stereocenters. The second-order valence-corrected chi connectivity index (χ2v) is 3.11. The number of carbonyl (C=O) groups is 2. The Hall–Kier alpha value is -1.91. The molecule has 1 N–H and O–H groups in total. The highest BCUT2D eigenvalue weighted by molar-refractivity contribution is 6.07. The van der Waals surface area contributed by atoms with Gasteiger partial charge in [0.1, 0.15) is 0 Å². The summed E-state index contributed by atoms with van der Waals surface area (Å²) in [4.78, 5) is 28.2. The molecule has 0 bridgehead atoms.